The Balaban J connectivity index is 2.41. The number of hydrogen-bond donors (Lipinski definition) is 12. The Morgan fingerprint density at radius 3 is 1.95 bits per heavy atom. The number of ether oxygens (including phenoxy) is 4. The Kier molecular flexibility index (Phi) is 14.0. The Morgan fingerprint density at radius 1 is 0.860 bits per heavy atom. The third-order valence-electron chi connectivity index (χ3n) is 6.75. The summed E-state index contributed by atoms with van der Waals surface area (Å²) in [5.74, 6) is -2.71. The monoisotopic (exact) mass is 652 g/mol. The number of aliphatic hydroxyl groups excluding tert-OH is 9. The van der Waals surface area contributed by atoms with E-state index in [2.05, 4.69) is 10.6 Å². The van der Waals surface area contributed by atoms with Gasteiger partial charge >= 0.3 is 0 Å². The van der Waals surface area contributed by atoms with Crippen LogP contribution in [0.4, 0.5) is 0 Å². The van der Waals surface area contributed by atoms with Gasteiger partial charge in [0.05, 0.1) is 25.9 Å². The average molecular weight is 653 g/mol. The van der Waals surface area contributed by atoms with E-state index < -0.39 is 133 Å². The molecular formula is C22H40N2O18S. The summed E-state index contributed by atoms with van der Waals surface area (Å²) in [5, 5.41) is 97.1. The van der Waals surface area contributed by atoms with E-state index in [9.17, 15) is 68.5 Å². The van der Waals surface area contributed by atoms with Crippen LogP contribution < -0.4 is 10.6 Å². The predicted molar refractivity (Wildman–Crippen MR) is 136 cm³/mol. The van der Waals surface area contributed by atoms with Gasteiger partial charge in [-0.05, 0) is 0 Å². The van der Waals surface area contributed by atoms with Crippen LogP contribution in [0.1, 0.15) is 13.8 Å². The van der Waals surface area contributed by atoms with Crippen LogP contribution in [-0.2, 0) is 38.7 Å². The van der Waals surface area contributed by atoms with Gasteiger partial charge in [0.25, 0.3) is 10.1 Å². The van der Waals surface area contributed by atoms with Gasteiger partial charge in [-0.25, -0.2) is 0 Å². The highest BCUT2D eigenvalue weighted by atomic mass is 32.2. The normalized spacial score (nSPS) is 36.3. The Hall–Kier alpha value is -1.67. The molecule has 0 aromatic carbocycles. The van der Waals surface area contributed by atoms with Gasteiger partial charge in [-0.2, -0.15) is 8.42 Å². The van der Waals surface area contributed by atoms with E-state index in [0.717, 1.165) is 13.8 Å². The summed E-state index contributed by atoms with van der Waals surface area (Å²) in [7, 11) is -4.79. The molecule has 2 rings (SSSR count). The highest BCUT2D eigenvalue weighted by Gasteiger charge is 2.53. The molecule has 0 saturated carbocycles. The van der Waals surface area contributed by atoms with Gasteiger partial charge in [0.15, 0.2) is 12.6 Å². The van der Waals surface area contributed by atoms with Crippen molar-refractivity contribution in [2.24, 2.45) is 0 Å². The zero-order valence-corrected chi connectivity index (χ0v) is 23.9. The van der Waals surface area contributed by atoms with Crippen LogP contribution in [0.5, 0.6) is 0 Å². The molecular weight excluding hydrogens is 612 g/mol. The van der Waals surface area contributed by atoms with Crippen molar-refractivity contribution in [2.45, 2.75) is 99.6 Å². The van der Waals surface area contributed by atoms with Gasteiger partial charge in [0, 0.05) is 13.8 Å². The highest BCUT2D eigenvalue weighted by Crippen LogP contribution is 2.31. The summed E-state index contributed by atoms with van der Waals surface area (Å²) in [5.41, 5.74) is 0. The zero-order chi connectivity index (χ0) is 32.8. The molecule has 252 valence electrons. The maximum Gasteiger partial charge on any atom is 0.267 e. The molecule has 2 aliphatic heterocycles. The van der Waals surface area contributed by atoms with E-state index in [4.69, 9.17) is 18.9 Å². The molecule has 0 bridgehead atoms. The Morgan fingerprint density at radius 2 is 1.47 bits per heavy atom. The topological polar surface area (TPSA) is 332 Å². The second-order valence-corrected chi connectivity index (χ2v) is 11.6. The summed E-state index contributed by atoms with van der Waals surface area (Å²) in [6.45, 7) is -0.753. The van der Waals surface area contributed by atoms with Gasteiger partial charge in [0.2, 0.25) is 11.8 Å². The van der Waals surface area contributed by atoms with Crippen molar-refractivity contribution in [1.29, 1.82) is 0 Å². The lowest BCUT2D eigenvalue weighted by Gasteiger charge is -2.47. The Bertz CT molecular complexity index is 1020. The van der Waals surface area contributed by atoms with Gasteiger partial charge in [-0.15, -0.1) is 0 Å². The van der Waals surface area contributed by atoms with Crippen molar-refractivity contribution in [3.8, 4) is 0 Å². The summed E-state index contributed by atoms with van der Waals surface area (Å²) in [6, 6.07) is -3.09. The molecule has 0 aliphatic carbocycles. The molecule has 2 heterocycles. The molecule has 0 spiro atoms. The largest absolute Gasteiger partial charge is 0.394 e. The molecule has 14 atom stereocenters. The van der Waals surface area contributed by atoms with Crippen LogP contribution >= 0.6 is 0 Å². The van der Waals surface area contributed by atoms with Crippen molar-refractivity contribution < 1.29 is 87.5 Å². The molecule has 2 aliphatic rings. The van der Waals surface area contributed by atoms with Gasteiger partial charge in [-0.1, -0.05) is 0 Å². The van der Waals surface area contributed by atoms with Crippen LogP contribution in [0.15, 0.2) is 0 Å². The maximum atomic E-state index is 11.8. The molecule has 2 fully saturated rings. The SMILES string of the molecule is CC(=O)N[C@H]1[C@H](O[C@H]2[C@@H](O)[C@@H](CO)O[C@@H](O[C@@H]([C@H](O)[C@H](CO)NC(C)=O)[C@H](O)CO)[C@@H]2O)O[C@H](CS(=O)(=O)O)[C@@H](O)[C@@H]1O. The standard InChI is InChI=1S/C22H40N2O18S/c1-7(28)23-9(3-25)14(31)19(10(30)4-26)41-22-18(35)20(16(33)11(5-27)39-22)42-21-13(24-8(2)29)17(34)15(32)12(40-21)6-43(36,37)38/h9-22,25-27,30-35H,3-6H2,1-2H3,(H,23,28)(H,24,29)(H,36,37,38)/t9-,10+,11+,12+,13+,14+,15+,16-,17+,18+,19+,20-,21-,22-/m0/s1. The first-order chi connectivity index (χ1) is 19.9. The number of nitrogens with one attached hydrogen (secondary N) is 2. The zero-order valence-electron chi connectivity index (χ0n) is 23.1. The molecule has 12 N–H and O–H groups in total. The van der Waals surface area contributed by atoms with E-state index in [1.807, 2.05) is 0 Å². The lowest BCUT2D eigenvalue weighted by atomic mass is 9.95. The minimum Gasteiger partial charge on any atom is -0.394 e. The van der Waals surface area contributed by atoms with Crippen LogP contribution in [-0.4, -0.2) is 182 Å². The number of amides is 2. The smallest absolute Gasteiger partial charge is 0.267 e. The van der Waals surface area contributed by atoms with Crippen LogP contribution in [0.2, 0.25) is 0 Å². The lowest BCUT2D eigenvalue weighted by molar-refractivity contribution is -0.357. The van der Waals surface area contributed by atoms with E-state index in [-0.39, 0.29) is 0 Å². The molecule has 43 heavy (non-hydrogen) atoms. The van der Waals surface area contributed by atoms with Crippen LogP contribution in [0.3, 0.4) is 0 Å². The van der Waals surface area contributed by atoms with Crippen LogP contribution in [0, 0.1) is 0 Å². The molecule has 2 amide bonds. The third kappa shape index (κ3) is 9.91. The Labute approximate surface area is 245 Å². The van der Waals surface area contributed by atoms with Crippen molar-refractivity contribution in [1.82, 2.24) is 10.6 Å². The van der Waals surface area contributed by atoms with E-state index >= 15 is 0 Å². The van der Waals surface area contributed by atoms with E-state index in [1.54, 1.807) is 0 Å². The van der Waals surface area contributed by atoms with Gasteiger partial charge in [-0.3, -0.25) is 14.1 Å². The van der Waals surface area contributed by atoms with Gasteiger partial charge < -0.3 is 75.5 Å². The van der Waals surface area contributed by atoms with E-state index in [1.165, 1.54) is 0 Å². The first-order valence-electron chi connectivity index (χ1n) is 13.0. The fourth-order valence-corrected chi connectivity index (χ4v) is 5.34. The molecule has 0 radical (unpaired) electrons. The second kappa shape index (κ2) is 16.1. The lowest BCUT2D eigenvalue weighted by Crippen LogP contribution is -2.68. The predicted octanol–water partition coefficient (Wildman–Crippen LogP) is -7.75. The number of hydrogen-bond acceptors (Lipinski definition) is 17. The minimum atomic E-state index is -4.79. The van der Waals surface area contributed by atoms with Gasteiger partial charge in [0.1, 0.15) is 72.8 Å². The fraction of sp³-hybridized carbons (Fsp3) is 0.909. The number of carbonyl (C=O) groups excluding carboxylic acids is 2. The van der Waals surface area contributed by atoms with Crippen molar-refractivity contribution >= 4 is 21.9 Å². The van der Waals surface area contributed by atoms with Crippen molar-refractivity contribution in [2.75, 3.05) is 25.6 Å². The second-order valence-electron chi connectivity index (χ2n) is 10.1. The number of rotatable bonds is 14. The highest BCUT2D eigenvalue weighted by molar-refractivity contribution is 7.85. The first-order valence-corrected chi connectivity index (χ1v) is 14.6. The summed E-state index contributed by atoms with van der Waals surface area (Å²) >= 11 is 0. The number of aliphatic hydroxyl groups is 9. The van der Waals surface area contributed by atoms with E-state index in [0.29, 0.717) is 0 Å². The van der Waals surface area contributed by atoms with Crippen molar-refractivity contribution in [3.63, 3.8) is 0 Å². The average Bonchev–Trinajstić information content (AvgIpc) is 2.92. The minimum absolute atomic E-state index is 0.693. The number of carbonyl (C=O) groups is 2. The molecule has 0 aromatic heterocycles. The quantitative estimate of drug-likeness (QED) is 0.0775. The third-order valence-corrected chi connectivity index (χ3v) is 7.50. The summed E-state index contributed by atoms with van der Waals surface area (Å²) in [6.07, 6.45) is -23.0. The fourth-order valence-electron chi connectivity index (χ4n) is 4.65. The first kappa shape index (κ1) is 37.5. The molecule has 0 unspecified atom stereocenters. The molecule has 21 heteroatoms. The summed E-state index contributed by atoms with van der Waals surface area (Å²) < 4.78 is 53.9. The molecule has 20 nitrogen and oxygen atoms in total. The summed E-state index contributed by atoms with van der Waals surface area (Å²) in [4.78, 5) is 23.2. The van der Waals surface area contributed by atoms with Crippen molar-refractivity contribution in [3.05, 3.63) is 0 Å². The maximum absolute atomic E-state index is 11.8. The molecule has 2 saturated heterocycles. The van der Waals surface area contributed by atoms with Crippen LogP contribution in [0.25, 0.3) is 0 Å². The molecule has 0 aromatic rings.